The van der Waals surface area contributed by atoms with Crippen LogP contribution in [0.2, 0.25) is 0 Å². The van der Waals surface area contributed by atoms with Gasteiger partial charge < -0.3 is 9.64 Å². The van der Waals surface area contributed by atoms with E-state index in [1.54, 1.807) is 18.3 Å². The van der Waals surface area contributed by atoms with Gasteiger partial charge in [-0.2, -0.15) is 0 Å². The largest absolute Gasteiger partial charge is 0.464 e. The Bertz CT molecular complexity index is 649. The molecule has 0 saturated heterocycles. The predicted molar refractivity (Wildman–Crippen MR) is 86.5 cm³/mol. The van der Waals surface area contributed by atoms with E-state index in [-0.39, 0.29) is 11.6 Å². The van der Waals surface area contributed by atoms with Crippen LogP contribution in [0.4, 0.5) is 0 Å². The van der Waals surface area contributed by atoms with Gasteiger partial charge in [0.05, 0.1) is 12.7 Å². The highest BCUT2D eigenvalue weighted by molar-refractivity contribution is 6.16. The van der Waals surface area contributed by atoms with Gasteiger partial charge in [-0.25, -0.2) is 14.8 Å². The molecule has 0 aromatic carbocycles. The molecule has 6 heteroatoms. The van der Waals surface area contributed by atoms with Crippen LogP contribution in [-0.4, -0.2) is 54.3 Å². The highest BCUT2D eigenvalue weighted by atomic mass is 16.5. The van der Waals surface area contributed by atoms with E-state index in [9.17, 15) is 4.79 Å². The molecule has 1 atom stereocenters. The first-order valence-electron chi connectivity index (χ1n) is 7.21. The number of carbonyl (C=O) groups is 1. The minimum Gasteiger partial charge on any atom is -0.464 e. The standard InChI is InChI=1S/C16H22N4O2/c1-10(2)16(3)15(20(4)5)18-13(19-16)11-8-7-9-17-12(11)14(21)22-6/h7-10H,1-6H3. The van der Waals surface area contributed by atoms with Crippen LogP contribution < -0.4 is 0 Å². The molecule has 1 aromatic heterocycles. The van der Waals surface area contributed by atoms with Crippen molar-refractivity contribution in [1.29, 1.82) is 0 Å². The normalized spacial score (nSPS) is 20.7. The van der Waals surface area contributed by atoms with Crippen molar-refractivity contribution in [3.05, 3.63) is 29.6 Å². The summed E-state index contributed by atoms with van der Waals surface area (Å²) < 4.78 is 4.79. The number of aliphatic imine (C=N–C) groups is 2. The van der Waals surface area contributed by atoms with Gasteiger partial charge >= 0.3 is 5.97 Å². The van der Waals surface area contributed by atoms with E-state index >= 15 is 0 Å². The molecule has 1 aliphatic rings. The smallest absolute Gasteiger partial charge is 0.357 e. The molecule has 0 N–H and O–H groups in total. The lowest BCUT2D eigenvalue weighted by Crippen LogP contribution is -2.44. The van der Waals surface area contributed by atoms with Crippen LogP contribution in [-0.2, 0) is 4.74 Å². The van der Waals surface area contributed by atoms with Crippen molar-refractivity contribution in [2.24, 2.45) is 15.9 Å². The lowest BCUT2D eigenvalue weighted by molar-refractivity contribution is 0.0594. The van der Waals surface area contributed by atoms with Crippen molar-refractivity contribution in [1.82, 2.24) is 9.88 Å². The molecule has 22 heavy (non-hydrogen) atoms. The van der Waals surface area contributed by atoms with Gasteiger partial charge in [-0.15, -0.1) is 0 Å². The summed E-state index contributed by atoms with van der Waals surface area (Å²) in [5, 5.41) is 0. The van der Waals surface area contributed by atoms with Gasteiger partial charge in [0.2, 0.25) is 0 Å². The molecule has 0 spiro atoms. The van der Waals surface area contributed by atoms with Crippen LogP contribution in [0, 0.1) is 5.92 Å². The van der Waals surface area contributed by atoms with E-state index in [0.29, 0.717) is 11.4 Å². The molecule has 0 aliphatic carbocycles. The Hall–Kier alpha value is -2.24. The van der Waals surface area contributed by atoms with Crippen molar-refractivity contribution in [3.8, 4) is 0 Å². The van der Waals surface area contributed by atoms with Gasteiger partial charge in [0, 0.05) is 20.3 Å². The van der Waals surface area contributed by atoms with E-state index in [4.69, 9.17) is 9.73 Å². The zero-order valence-corrected chi connectivity index (χ0v) is 13.9. The van der Waals surface area contributed by atoms with Crippen molar-refractivity contribution >= 4 is 17.6 Å². The maximum atomic E-state index is 11.9. The summed E-state index contributed by atoms with van der Waals surface area (Å²) in [5.41, 5.74) is 0.402. The number of hydrogen-bond donors (Lipinski definition) is 0. The highest BCUT2D eigenvalue weighted by Gasteiger charge is 2.40. The minimum atomic E-state index is -0.488. The number of hydrogen-bond acceptors (Lipinski definition) is 6. The average molecular weight is 302 g/mol. The van der Waals surface area contributed by atoms with E-state index in [2.05, 4.69) is 30.7 Å². The van der Waals surface area contributed by atoms with Crippen molar-refractivity contribution < 1.29 is 9.53 Å². The number of carbonyl (C=O) groups excluding carboxylic acids is 1. The molecular formula is C16H22N4O2. The maximum Gasteiger partial charge on any atom is 0.357 e. The Labute approximate surface area is 130 Å². The summed E-state index contributed by atoms with van der Waals surface area (Å²) in [6.07, 6.45) is 1.56. The van der Waals surface area contributed by atoms with Crippen LogP contribution in [0.3, 0.4) is 0 Å². The van der Waals surface area contributed by atoms with Gasteiger partial charge in [-0.3, -0.25) is 4.99 Å². The number of nitrogens with zero attached hydrogens (tertiary/aromatic N) is 4. The van der Waals surface area contributed by atoms with Crippen LogP contribution in [0.5, 0.6) is 0 Å². The first kappa shape index (κ1) is 16.1. The van der Waals surface area contributed by atoms with Gasteiger partial charge in [0.25, 0.3) is 0 Å². The van der Waals surface area contributed by atoms with Crippen LogP contribution >= 0.6 is 0 Å². The molecule has 6 nitrogen and oxygen atoms in total. The molecule has 0 amide bonds. The zero-order chi connectivity index (χ0) is 16.5. The molecule has 2 heterocycles. The van der Waals surface area contributed by atoms with E-state index < -0.39 is 11.5 Å². The van der Waals surface area contributed by atoms with Crippen molar-refractivity contribution in [2.45, 2.75) is 26.3 Å². The second-order valence-corrected chi connectivity index (χ2v) is 5.96. The Morgan fingerprint density at radius 2 is 2.05 bits per heavy atom. The van der Waals surface area contributed by atoms with Gasteiger partial charge in [-0.05, 0) is 25.0 Å². The van der Waals surface area contributed by atoms with E-state index in [1.807, 2.05) is 19.0 Å². The van der Waals surface area contributed by atoms with Crippen LogP contribution in [0.1, 0.15) is 36.8 Å². The number of likely N-dealkylation sites (N-methyl/N-ethyl adjacent to an activating group) is 1. The summed E-state index contributed by atoms with van der Waals surface area (Å²) in [6, 6.07) is 3.56. The molecular weight excluding hydrogens is 280 g/mol. The Balaban J connectivity index is 2.57. The van der Waals surface area contributed by atoms with Gasteiger partial charge in [0.15, 0.2) is 11.5 Å². The Morgan fingerprint density at radius 1 is 1.36 bits per heavy atom. The fourth-order valence-corrected chi connectivity index (χ4v) is 2.41. The SMILES string of the molecule is COC(=O)c1ncccc1C1=NC(C)(C(C)C)C(N(C)C)=N1. The molecule has 2 rings (SSSR count). The molecule has 1 unspecified atom stereocenters. The third kappa shape index (κ3) is 2.61. The number of amidine groups is 2. The first-order chi connectivity index (χ1) is 10.3. The number of esters is 1. The first-order valence-corrected chi connectivity index (χ1v) is 7.21. The maximum absolute atomic E-state index is 11.9. The van der Waals surface area contributed by atoms with E-state index in [1.165, 1.54) is 7.11 Å². The summed E-state index contributed by atoms with van der Waals surface area (Å²) in [6.45, 7) is 6.27. The summed E-state index contributed by atoms with van der Waals surface area (Å²) in [4.78, 5) is 27.4. The zero-order valence-electron chi connectivity index (χ0n) is 13.9. The summed E-state index contributed by atoms with van der Waals surface area (Å²) in [7, 11) is 5.23. The fraction of sp³-hybridized carbons (Fsp3) is 0.500. The lowest BCUT2D eigenvalue weighted by atomic mass is 9.88. The summed E-state index contributed by atoms with van der Waals surface area (Å²) in [5.74, 6) is 1.17. The van der Waals surface area contributed by atoms with Gasteiger partial charge in [-0.1, -0.05) is 13.8 Å². The van der Waals surface area contributed by atoms with Crippen LogP contribution in [0.15, 0.2) is 28.3 Å². The monoisotopic (exact) mass is 302 g/mol. The Morgan fingerprint density at radius 3 is 2.55 bits per heavy atom. The van der Waals surface area contributed by atoms with Gasteiger partial charge in [0.1, 0.15) is 11.4 Å². The molecule has 118 valence electrons. The fourth-order valence-electron chi connectivity index (χ4n) is 2.41. The molecule has 0 fully saturated rings. The molecule has 0 saturated carbocycles. The number of aromatic nitrogens is 1. The third-order valence-electron chi connectivity index (χ3n) is 3.98. The van der Waals surface area contributed by atoms with Crippen molar-refractivity contribution in [2.75, 3.05) is 21.2 Å². The molecule has 1 aliphatic heterocycles. The number of pyridine rings is 1. The average Bonchev–Trinajstić information content (AvgIpc) is 2.86. The van der Waals surface area contributed by atoms with Crippen LogP contribution in [0.25, 0.3) is 0 Å². The predicted octanol–water partition coefficient (Wildman–Crippen LogP) is 2.00. The van der Waals surface area contributed by atoms with E-state index in [0.717, 1.165) is 5.84 Å². The highest BCUT2D eigenvalue weighted by Crippen LogP contribution is 2.31. The number of methoxy groups -OCH3 is 1. The summed E-state index contributed by atoms with van der Waals surface area (Å²) >= 11 is 0. The van der Waals surface area contributed by atoms with Crippen molar-refractivity contribution in [3.63, 3.8) is 0 Å². The quantitative estimate of drug-likeness (QED) is 0.801. The lowest BCUT2D eigenvalue weighted by Gasteiger charge is -2.31. The second kappa shape index (κ2) is 5.87. The number of rotatable bonds is 3. The second-order valence-electron chi connectivity index (χ2n) is 5.96. The Kier molecular flexibility index (Phi) is 4.30. The molecule has 0 bridgehead atoms. The topological polar surface area (TPSA) is 67.2 Å². The minimum absolute atomic E-state index is 0.235. The number of ether oxygens (including phenoxy) is 1. The molecule has 1 aromatic rings. The molecule has 0 radical (unpaired) electrons. The third-order valence-corrected chi connectivity index (χ3v) is 3.98.